The summed E-state index contributed by atoms with van der Waals surface area (Å²) >= 11 is 0. The van der Waals surface area contributed by atoms with Crippen molar-refractivity contribution in [2.45, 2.75) is 26.8 Å². The van der Waals surface area contributed by atoms with E-state index in [0.29, 0.717) is 17.9 Å². The molecule has 0 spiro atoms. The van der Waals surface area contributed by atoms with Gasteiger partial charge in [0, 0.05) is 12.7 Å². The second-order valence-corrected chi connectivity index (χ2v) is 4.79. The van der Waals surface area contributed by atoms with Gasteiger partial charge < -0.3 is 15.6 Å². The highest BCUT2D eigenvalue weighted by molar-refractivity contribution is 6.03. The third-order valence-electron chi connectivity index (χ3n) is 2.99. The molecule has 4 nitrogen and oxygen atoms in total. The van der Waals surface area contributed by atoms with Crippen LogP contribution in [0.5, 0.6) is 0 Å². The molecular weight excluding hydrogens is 257 g/mol. The van der Waals surface area contributed by atoms with Crippen LogP contribution in [0.3, 0.4) is 0 Å². The first-order valence-electron chi connectivity index (χ1n) is 6.54. The van der Waals surface area contributed by atoms with E-state index in [9.17, 15) is 9.18 Å². The van der Waals surface area contributed by atoms with Crippen molar-refractivity contribution in [1.29, 1.82) is 0 Å². The number of hydrogen-bond acceptors (Lipinski definition) is 2. The van der Waals surface area contributed by atoms with E-state index >= 15 is 0 Å². The predicted molar refractivity (Wildman–Crippen MR) is 78.2 cm³/mol. The van der Waals surface area contributed by atoms with Crippen LogP contribution in [0.4, 0.5) is 15.8 Å². The molecule has 106 valence electrons. The van der Waals surface area contributed by atoms with E-state index in [4.69, 9.17) is 5.73 Å². The number of aromatic nitrogens is 1. The molecule has 1 aromatic carbocycles. The zero-order chi connectivity index (χ0) is 14.7. The molecule has 0 aliphatic heterocycles. The van der Waals surface area contributed by atoms with Crippen LogP contribution in [0.15, 0.2) is 30.5 Å². The van der Waals surface area contributed by atoms with Crippen molar-refractivity contribution in [2.75, 3.05) is 11.1 Å². The molecule has 20 heavy (non-hydrogen) atoms. The smallest absolute Gasteiger partial charge is 0.272 e. The number of rotatable bonds is 4. The molecule has 0 fully saturated rings. The van der Waals surface area contributed by atoms with Gasteiger partial charge in [-0.2, -0.15) is 0 Å². The lowest BCUT2D eigenvalue weighted by molar-refractivity contribution is 0.101. The van der Waals surface area contributed by atoms with E-state index in [1.54, 1.807) is 35.9 Å². The molecule has 3 N–H and O–H groups in total. The number of benzene rings is 1. The molecule has 0 bridgehead atoms. The second kappa shape index (κ2) is 5.77. The molecule has 1 amide bonds. The lowest BCUT2D eigenvalue weighted by Gasteiger charge is -2.09. The van der Waals surface area contributed by atoms with Crippen molar-refractivity contribution < 1.29 is 9.18 Å². The largest absolute Gasteiger partial charge is 0.397 e. The van der Waals surface area contributed by atoms with Gasteiger partial charge in [0.05, 0.1) is 11.4 Å². The normalized spacial score (nSPS) is 10.6. The lowest BCUT2D eigenvalue weighted by atomic mass is 10.2. The third kappa shape index (κ3) is 2.99. The van der Waals surface area contributed by atoms with Gasteiger partial charge in [0.25, 0.3) is 5.91 Å². The van der Waals surface area contributed by atoms with Gasteiger partial charge in [0.1, 0.15) is 11.5 Å². The van der Waals surface area contributed by atoms with Crippen molar-refractivity contribution in [3.05, 3.63) is 47.5 Å². The van der Waals surface area contributed by atoms with Crippen LogP contribution in [0, 0.1) is 12.7 Å². The zero-order valence-electron chi connectivity index (χ0n) is 11.6. The Morgan fingerprint density at radius 3 is 2.80 bits per heavy atom. The first-order chi connectivity index (χ1) is 9.51. The molecule has 0 saturated carbocycles. The molecule has 2 aromatic rings. The minimum atomic E-state index is -0.445. The summed E-state index contributed by atoms with van der Waals surface area (Å²) in [6.45, 7) is 4.50. The Kier molecular flexibility index (Phi) is 4.08. The number of nitrogen functional groups attached to an aromatic ring is 1. The Morgan fingerprint density at radius 2 is 2.15 bits per heavy atom. The Morgan fingerprint density at radius 1 is 1.40 bits per heavy atom. The molecule has 0 aliphatic rings. The average Bonchev–Trinajstić information content (AvgIpc) is 2.74. The molecule has 0 aliphatic carbocycles. The summed E-state index contributed by atoms with van der Waals surface area (Å²) in [4.78, 5) is 12.2. The van der Waals surface area contributed by atoms with Gasteiger partial charge in [-0.3, -0.25) is 4.79 Å². The number of nitrogens with one attached hydrogen (secondary N) is 1. The van der Waals surface area contributed by atoms with E-state index < -0.39 is 5.82 Å². The molecule has 5 heteroatoms. The summed E-state index contributed by atoms with van der Waals surface area (Å²) < 4.78 is 15.5. The average molecular weight is 275 g/mol. The van der Waals surface area contributed by atoms with Gasteiger partial charge in [0.15, 0.2) is 0 Å². The predicted octanol–water partition coefficient (Wildman–Crippen LogP) is 3.18. The summed E-state index contributed by atoms with van der Waals surface area (Å²) in [5, 5.41) is 2.58. The van der Waals surface area contributed by atoms with Gasteiger partial charge in [0.2, 0.25) is 0 Å². The Bertz CT molecular complexity index is 634. The molecule has 1 aromatic heterocycles. The maximum Gasteiger partial charge on any atom is 0.272 e. The second-order valence-electron chi connectivity index (χ2n) is 4.79. The van der Waals surface area contributed by atoms with Crippen LogP contribution in [-0.2, 0) is 6.54 Å². The fourth-order valence-electron chi connectivity index (χ4n) is 2.06. The van der Waals surface area contributed by atoms with Crippen LogP contribution >= 0.6 is 0 Å². The maximum atomic E-state index is 13.7. The van der Waals surface area contributed by atoms with Gasteiger partial charge in [-0.15, -0.1) is 0 Å². The van der Waals surface area contributed by atoms with E-state index in [2.05, 4.69) is 5.32 Å². The summed E-state index contributed by atoms with van der Waals surface area (Å²) in [6, 6.07) is 6.28. The van der Waals surface area contributed by atoms with Crippen molar-refractivity contribution in [3.63, 3.8) is 0 Å². The van der Waals surface area contributed by atoms with Crippen molar-refractivity contribution in [3.8, 4) is 0 Å². The number of carbonyl (C=O) groups excluding carboxylic acids is 1. The SMILES string of the molecule is CCCn1cc(N)cc1C(=O)Nc1ccc(C)cc1F. The highest BCUT2D eigenvalue weighted by atomic mass is 19.1. The fraction of sp³-hybridized carbons (Fsp3) is 0.267. The molecule has 2 rings (SSSR count). The molecule has 0 unspecified atom stereocenters. The Hall–Kier alpha value is -2.30. The van der Waals surface area contributed by atoms with Gasteiger partial charge >= 0.3 is 0 Å². The van der Waals surface area contributed by atoms with E-state index in [0.717, 1.165) is 12.0 Å². The fourth-order valence-corrected chi connectivity index (χ4v) is 2.06. The number of hydrogen-bond donors (Lipinski definition) is 2. The molecule has 0 atom stereocenters. The Labute approximate surface area is 117 Å². The number of aryl methyl sites for hydroxylation is 2. The van der Waals surface area contributed by atoms with Gasteiger partial charge in [-0.1, -0.05) is 13.0 Å². The van der Waals surface area contributed by atoms with Crippen molar-refractivity contribution in [1.82, 2.24) is 4.57 Å². The summed E-state index contributed by atoms with van der Waals surface area (Å²) in [7, 11) is 0. The first kappa shape index (κ1) is 14.1. The lowest BCUT2D eigenvalue weighted by Crippen LogP contribution is -2.17. The number of nitrogens with zero attached hydrogens (tertiary/aromatic N) is 1. The number of halogens is 1. The minimum absolute atomic E-state index is 0.170. The standard InChI is InChI=1S/C15H18FN3O/c1-3-6-19-9-11(17)8-14(19)15(20)18-13-5-4-10(2)7-12(13)16/h4-5,7-9H,3,6,17H2,1-2H3,(H,18,20). The maximum absolute atomic E-state index is 13.7. The number of anilines is 2. The van der Waals surface area contributed by atoms with Crippen LogP contribution in [0.1, 0.15) is 29.4 Å². The first-order valence-corrected chi connectivity index (χ1v) is 6.54. The van der Waals surface area contributed by atoms with E-state index in [1.165, 1.54) is 6.07 Å². The molecule has 0 saturated heterocycles. The summed E-state index contributed by atoms with van der Waals surface area (Å²) in [6.07, 6.45) is 2.59. The number of nitrogens with two attached hydrogens (primary N) is 1. The van der Waals surface area contributed by atoms with Crippen LogP contribution in [0.25, 0.3) is 0 Å². The molecule has 1 heterocycles. The quantitative estimate of drug-likeness (QED) is 0.900. The monoisotopic (exact) mass is 275 g/mol. The summed E-state index contributed by atoms with van der Waals surface area (Å²) in [5.74, 6) is -0.808. The van der Waals surface area contributed by atoms with Crippen LogP contribution in [0.2, 0.25) is 0 Å². The van der Waals surface area contributed by atoms with Crippen molar-refractivity contribution in [2.24, 2.45) is 0 Å². The zero-order valence-corrected chi connectivity index (χ0v) is 11.6. The van der Waals surface area contributed by atoms with E-state index in [-0.39, 0.29) is 11.6 Å². The third-order valence-corrected chi connectivity index (χ3v) is 2.99. The van der Waals surface area contributed by atoms with Crippen LogP contribution < -0.4 is 11.1 Å². The molecular formula is C15H18FN3O. The number of carbonyl (C=O) groups is 1. The summed E-state index contributed by atoms with van der Waals surface area (Å²) in [5.41, 5.74) is 7.65. The van der Waals surface area contributed by atoms with E-state index in [1.807, 2.05) is 6.92 Å². The highest BCUT2D eigenvalue weighted by Crippen LogP contribution is 2.18. The van der Waals surface area contributed by atoms with Gasteiger partial charge in [-0.05, 0) is 37.1 Å². The van der Waals surface area contributed by atoms with Crippen LogP contribution in [-0.4, -0.2) is 10.5 Å². The highest BCUT2D eigenvalue weighted by Gasteiger charge is 2.14. The molecule has 0 radical (unpaired) electrons. The van der Waals surface area contributed by atoms with Gasteiger partial charge in [-0.25, -0.2) is 4.39 Å². The van der Waals surface area contributed by atoms with Crippen molar-refractivity contribution >= 4 is 17.3 Å². The topological polar surface area (TPSA) is 60.0 Å². The Balaban J connectivity index is 2.23. The minimum Gasteiger partial charge on any atom is -0.397 e. The number of amides is 1.